The minimum atomic E-state index is 1.03. The third-order valence-corrected chi connectivity index (χ3v) is 2.85. The average molecular weight is 224 g/mol. The second kappa shape index (κ2) is 8.30. The van der Waals surface area contributed by atoms with Gasteiger partial charge in [0.25, 0.3) is 0 Å². The lowest BCUT2D eigenvalue weighted by Crippen LogP contribution is -2.27. The molecule has 0 aliphatic heterocycles. The normalized spacial score (nSPS) is 11.2. The highest BCUT2D eigenvalue weighted by Gasteiger charge is 1.98. The highest BCUT2D eigenvalue weighted by atomic mass is 15.1. The first-order valence-corrected chi connectivity index (χ1v) is 6.28. The summed E-state index contributed by atoms with van der Waals surface area (Å²) in [7, 11) is 0. The average Bonchev–Trinajstić information content (AvgIpc) is 2.81. The van der Waals surface area contributed by atoms with E-state index in [0.717, 1.165) is 32.6 Å². The Morgan fingerprint density at radius 3 is 2.75 bits per heavy atom. The van der Waals surface area contributed by atoms with Crippen LogP contribution in [-0.4, -0.2) is 47.8 Å². The van der Waals surface area contributed by atoms with Crippen LogP contribution in [0.15, 0.2) is 12.3 Å². The van der Waals surface area contributed by atoms with Crippen molar-refractivity contribution < 1.29 is 0 Å². The quantitative estimate of drug-likeness (QED) is 0.621. The van der Waals surface area contributed by atoms with E-state index < -0.39 is 0 Å². The Labute approximate surface area is 98.4 Å². The number of aromatic nitrogens is 2. The largest absolute Gasteiger partial charge is 0.316 e. The third-order valence-electron chi connectivity index (χ3n) is 2.85. The van der Waals surface area contributed by atoms with E-state index in [9.17, 15) is 0 Å². The molecule has 0 atom stereocenters. The van der Waals surface area contributed by atoms with Crippen LogP contribution in [0.5, 0.6) is 0 Å². The van der Waals surface area contributed by atoms with Gasteiger partial charge in [0.2, 0.25) is 0 Å². The number of hydrogen-bond acceptors (Lipinski definition) is 3. The van der Waals surface area contributed by atoms with Gasteiger partial charge in [-0.25, -0.2) is 0 Å². The van der Waals surface area contributed by atoms with Gasteiger partial charge in [-0.2, -0.15) is 5.10 Å². The molecule has 0 saturated heterocycles. The van der Waals surface area contributed by atoms with E-state index in [1.54, 1.807) is 6.20 Å². The van der Waals surface area contributed by atoms with Crippen LogP contribution in [0.4, 0.5) is 0 Å². The molecule has 0 fully saturated rings. The van der Waals surface area contributed by atoms with E-state index in [0.29, 0.717) is 0 Å². The van der Waals surface area contributed by atoms with Crippen molar-refractivity contribution in [2.24, 2.45) is 0 Å². The standard InChI is InChI=1S/C12H24N4/c1-3-16(4-2)11-5-8-13-9-6-12-7-10-14-15-12/h7,10,13H,3-6,8-9,11H2,1-2H3,(H,14,15). The van der Waals surface area contributed by atoms with E-state index in [1.165, 1.54) is 18.7 Å². The summed E-state index contributed by atoms with van der Waals surface area (Å²) in [6.07, 6.45) is 4.06. The number of nitrogens with one attached hydrogen (secondary N) is 2. The molecule has 16 heavy (non-hydrogen) atoms. The van der Waals surface area contributed by atoms with Gasteiger partial charge < -0.3 is 10.2 Å². The van der Waals surface area contributed by atoms with E-state index in [1.807, 2.05) is 6.07 Å². The summed E-state index contributed by atoms with van der Waals surface area (Å²) >= 11 is 0. The second-order valence-electron chi connectivity index (χ2n) is 3.96. The molecule has 1 aromatic heterocycles. The fourth-order valence-electron chi connectivity index (χ4n) is 1.74. The molecule has 1 heterocycles. The molecule has 0 bridgehead atoms. The third kappa shape index (κ3) is 5.28. The van der Waals surface area contributed by atoms with Gasteiger partial charge >= 0.3 is 0 Å². The monoisotopic (exact) mass is 224 g/mol. The first-order chi connectivity index (χ1) is 7.86. The molecule has 92 valence electrons. The lowest BCUT2D eigenvalue weighted by molar-refractivity contribution is 0.298. The lowest BCUT2D eigenvalue weighted by atomic mass is 10.3. The van der Waals surface area contributed by atoms with Gasteiger partial charge in [0.1, 0.15) is 0 Å². The summed E-state index contributed by atoms with van der Waals surface area (Å²) in [5.41, 5.74) is 1.20. The van der Waals surface area contributed by atoms with Crippen LogP contribution in [0, 0.1) is 0 Å². The van der Waals surface area contributed by atoms with Crippen molar-refractivity contribution in [2.45, 2.75) is 26.7 Å². The minimum absolute atomic E-state index is 1.03. The van der Waals surface area contributed by atoms with Crippen molar-refractivity contribution in [1.29, 1.82) is 0 Å². The Bertz CT molecular complexity index is 242. The maximum atomic E-state index is 3.92. The zero-order valence-electron chi connectivity index (χ0n) is 10.5. The summed E-state index contributed by atoms with van der Waals surface area (Å²) in [6.45, 7) is 10.1. The van der Waals surface area contributed by atoms with E-state index in [2.05, 4.69) is 34.3 Å². The van der Waals surface area contributed by atoms with Gasteiger partial charge in [-0.1, -0.05) is 13.8 Å². The number of rotatable bonds is 9. The molecule has 4 heteroatoms. The summed E-state index contributed by atoms with van der Waals surface area (Å²) < 4.78 is 0. The molecule has 0 amide bonds. The molecule has 0 spiro atoms. The summed E-state index contributed by atoms with van der Waals surface area (Å²) in [5.74, 6) is 0. The zero-order chi connectivity index (χ0) is 11.6. The molecule has 1 aromatic rings. The van der Waals surface area contributed by atoms with E-state index in [4.69, 9.17) is 0 Å². The Hall–Kier alpha value is -0.870. The summed E-state index contributed by atoms with van der Waals surface area (Å²) in [5, 5.41) is 10.3. The van der Waals surface area contributed by atoms with Gasteiger partial charge in [-0.15, -0.1) is 0 Å². The van der Waals surface area contributed by atoms with Gasteiger partial charge in [0, 0.05) is 24.9 Å². The lowest BCUT2D eigenvalue weighted by Gasteiger charge is -2.17. The van der Waals surface area contributed by atoms with Crippen molar-refractivity contribution >= 4 is 0 Å². The van der Waals surface area contributed by atoms with Crippen LogP contribution >= 0.6 is 0 Å². The molecule has 0 saturated carbocycles. The van der Waals surface area contributed by atoms with Crippen LogP contribution in [0.3, 0.4) is 0 Å². The fraction of sp³-hybridized carbons (Fsp3) is 0.750. The van der Waals surface area contributed by atoms with Crippen LogP contribution in [-0.2, 0) is 6.42 Å². The van der Waals surface area contributed by atoms with Crippen LogP contribution in [0.25, 0.3) is 0 Å². The fourth-order valence-corrected chi connectivity index (χ4v) is 1.74. The summed E-state index contributed by atoms with van der Waals surface area (Å²) in [4.78, 5) is 2.45. The number of aromatic amines is 1. The van der Waals surface area contributed by atoms with Crippen molar-refractivity contribution in [2.75, 3.05) is 32.7 Å². The predicted octanol–water partition coefficient (Wildman–Crippen LogP) is 1.27. The molecular weight excluding hydrogens is 200 g/mol. The Morgan fingerprint density at radius 1 is 1.31 bits per heavy atom. The molecule has 1 rings (SSSR count). The molecule has 2 N–H and O–H groups in total. The molecular formula is C12H24N4. The highest BCUT2D eigenvalue weighted by Crippen LogP contribution is 1.92. The topological polar surface area (TPSA) is 44.0 Å². The van der Waals surface area contributed by atoms with Crippen molar-refractivity contribution in [3.05, 3.63) is 18.0 Å². The molecule has 0 radical (unpaired) electrons. The molecule has 4 nitrogen and oxygen atoms in total. The molecule has 0 aromatic carbocycles. The minimum Gasteiger partial charge on any atom is -0.316 e. The van der Waals surface area contributed by atoms with Crippen LogP contribution in [0.1, 0.15) is 26.0 Å². The van der Waals surface area contributed by atoms with E-state index in [-0.39, 0.29) is 0 Å². The van der Waals surface area contributed by atoms with Gasteiger partial charge in [0.05, 0.1) is 0 Å². The molecule has 0 aliphatic rings. The highest BCUT2D eigenvalue weighted by molar-refractivity contribution is 4.97. The molecule has 0 aliphatic carbocycles. The van der Waals surface area contributed by atoms with Crippen molar-refractivity contribution in [3.8, 4) is 0 Å². The summed E-state index contributed by atoms with van der Waals surface area (Å²) in [6, 6.07) is 2.03. The van der Waals surface area contributed by atoms with Crippen LogP contribution < -0.4 is 5.32 Å². The number of H-pyrrole nitrogens is 1. The second-order valence-corrected chi connectivity index (χ2v) is 3.96. The maximum Gasteiger partial charge on any atom is 0.0490 e. The van der Waals surface area contributed by atoms with E-state index >= 15 is 0 Å². The van der Waals surface area contributed by atoms with Gasteiger partial charge in [0.15, 0.2) is 0 Å². The first-order valence-electron chi connectivity index (χ1n) is 6.28. The zero-order valence-corrected chi connectivity index (χ0v) is 10.5. The van der Waals surface area contributed by atoms with Crippen LogP contribution in [0.2, 0.25) is 0 Å². The van der Waals surface area contributed by atoms with Gasteiger partial charge in [-0.3, -0.25) is 5.10 Å². The predicted molar refractivity (Wildman–Crippen MR) is 67.6 cm³/mol. The Morgan fingerprint density at radius 2 is 2.12 bits per heavy atom. The molecule has 0 unspecified atom stereocenters. The Balaban J connectivity index is 1.92. The number of hydrogen-bond donors (Lipinski definition) is 2. The Kier molecular flexibility index (Phi) is 6.85. The first kappa shape index (κ1) is 13.2. The SMILES string of the molecule is CCN(CC)CCCNCCc1ccn[nH]1. The smallest absolute Gasteiger partial charge is 0.0490 e. The van der Waals surface area contributed by atoms with Gasteiger partial charge in [-0.05, 0) is 38.7 Å². The van der Waals surface area contributed by atoms with Crippen molar-refractivity contribution in [1.82, 2.24) is 20.4 Å². The van der Waals surface area contributed by atoms with Crippen molar-refractivity contribution in [3.63, 3.8) is 0 Å². The maximum absolute atomic E-state index is 3.92. The number of nitrogens with zero attached hydrogens (tertiary/aromatic N) is 2.